The van der Waals surface area contributed by atoms with Crippen molar-refractivity contribution in [2.24, 2.45) is 5.92 Å². The largest absolute Gasteiger partial charge is 0.463 e. The van der Waals surface area contributed by atoms with E-state index in [2.05, 4.69) is 23.8 Å². The molecule has 0 unspecified atom stereocenters. The van der Waals surface area contributed by atoms with Gasteiger partial charge in [-0.3, -0.25) is 14.4 Å². The number of amides is 2. The molecule has 0 saturated carbocycles. The molecule has 0 aliphatic carbocycles. The van der Waals surface area contributed by atoms with Gasteiger partial charge in [0.25, 0.3) is 0 Å². The molecule has 0 aliphatic rings. The molecular weight excluding hydrogens is 384 g/mol. The molecule has 1 aromatic carbocycles. The molecule has 30 heavy (non-hydrogen) atoms. The number of ether oxygens (including phenoxy) is 1. The standard InChI is InChI=1S/C23H32N2O5/c1-4-6-13-22(28)30-16-20(18-11-8-7-9-12-18)25-23(29)19(10-5-2)14-21(27)24-17(3)15-26/h4-5,7-9,11-12,17,19-20,26H,1-2,6,10,13-16H2,3H3,(H,24,27)(H,25,29)/t17-,19-,20+/m1/s1. The van der Waals surface area contributed by atoms with Gasteiger partial charge in [-0.1, -0.05) is 42.5 Å². The summed E-state index contributed by atoms with van der Waals surface area (Å²) in [6.07, 6.45) is 4.24. The summed E-state index contributed by atoms with van der Waals surface area (Å²) in [6.45, 7) is 8.72. The molecule has 3 N–H and O–H groups in total. The van der Waals surface area contributed by atoms with Crippen molar-refractivity contribution in [3.8, 4) is 0 Å². The van der Waals surface area contributed by atoms with Gasteiger partial charge in [-0.05, 0) is 25.3 Å². The van der Waals surface area contributed by atoms with Crippen molar-refractivity contribution in [2.45, 2.75) is 44.7 Å². The van der Waals surface area contributed by atoms with Crippen molar-refractivity contribution in [3.63, 3.8) is 0 Å². The highest BCUT2D eigenvalue weighted by molar-refractivity contribution is 5.86. The molecule has 1 aromatic rings. The van der Waals surface area contributed by atoms with Crippen molar-refractivity contribution in [1.29, 1.82) is 0 Å². The summed E-state index contributed by atoms with van der Waals surface area (Å²) in [7, 11) is 0. The van der Waals surface area contributed by atoms with Crippen LogP contribution in [0.25, 0.3) is 0 Å². The van der Waals surface area contributed by atoms with Gasteiger partial charge in [-0.15, -0.1) is 13.2 Å². The fraction of sp³-hybridized carbons (Fsp3) is 0.435. The lowest BCUT2D eigenvalue weighted by atomic mass is 9.98. The first-order valence-corrected chi connectivity index (χ1v) is 10.0. The van der Waals surface area contributed by atoms with Gasteiger partial charge in [-0.2, -0.15) is 0 Å². The van der Waals surface area contributed by atoms with Gasteiger partial charge in [0.05, 0.1) is 18.6 Å². The summed E-state index contributed by atoms with van der Waals surface area (Å²) >= 11 is 0. The number of esters is 1. The fourth-order valence-electron chi connectivity index (χ4n) is 2.75. The number of carbonyl (C=O) groups excluding carboxylic acids is 3. The molecule has 164 valence electrons. The minimum atomic E-state index is -0.629. The zero-order valence-corrected chi connectivity index (χ0v) is 17.5. The van der Waals surface area contributed by atoms with Crippen LogP contribution in [0.4, 0.5) is 0 Å². The highest BCUT2D eigenvalue weighted by atomic mass is 16.5. The molecule has 1 rings (SSSR count). The number of carbonyl (C=O) groups is 3. The van der Waals surface area contributed by atoms with E-state index in [1.54, 1.807) is 19.1 Å². The third-order valence-electron chi connectivity index (χ3n) is 4.42. The van der Waals surface area contributed by atoms with Crippen molar-refractivity contribution in [3.05, 3.63) is 61.2 Å². The fourth-order valence-corrected chi connectivity index (χ4v) is 2.75. The van der Waals surface area contributed by atoms with Crippen LogP contribution in [0.3, 0.4) is 0 Å². The Morgan fingerprint density at radius 3 is 2.43 bits per heavy atom. The molecule has 0 fully saturated rings. The van der Waals surface area contributed by atoms with E-state index < -0.39 is 18.0 Å². The van der Waals surface area contributed by atoms with E-state index in [9.17, 15) is 14.4 Å². The molecule has 0 spiro atoms. The molecule has 7 nitrogen and oxygen atoms in total. The number of aliphatic hydroxyl groups is 1. The second kappa shape index (κ2) is 14.1. The van der Waals surface area contributed by atoms with Crippen molar-refractivity contribution in [2.75, 3.05) is 13.2 Å². The Morgan fingerprint density at radius 1 is 1.13 bits per heavy atom. The molecular formula is C23H32N2O5. The number of nitrogens with one attached hydrogen (secondary N) is 2. The van der Waals surface area contributed by atoms with Gasteiger partial charge >= 0.3 is 5.97 Å². The lowest BCUT2D eigenvalue weighted by molar-refractivity contribution is -0.145. The highest BCUT2D eigenvalue weighted by Crippen LogP contribution is 2.17. The molecule has 7 heteroatoms. The lowest BCUT2D eigenvalue weighted by Gasteiger charge is -2.23. The lowest BCUT2D eigenvalue weighted by Crippen LogP contribution is -2.40. The Hall–Kier alpha value is -2.93. The molecule has 0 heterocycles. The maximum atomic E-state index is 12.9. The smallest absolute Gasteiger partial charge is 0.306 e. The minimum absolute atomic E-state index is 0.0136. The summed E-state index contributed by atoms with van der Waals surface area (Å²) in [5.41, 5.74) is 0.790. The number of hydrogen-bond acceptors (Lipinski definition) is 5. The Kier molecular flexibility index (Phi) is 11.8. The van der Waals surface area contributed by atoms with Crippen molar-refractivity contribution < 1.29 is 24.2 Å². The second-order valence-corrected chi connectivity index (χ2v) is 7.06. The summed E-state index contributed by atoms with van der Waals surface area (Å²) in [5, 5.41) is 14.6. The number of benzene rings is 1. The molecule has 0 aromatic heterocycles. The maximum Gasteiger partial charge on any atom is 0.306 e. The van der Waals surface area contributed by atoms with Crippen LogP contribution < -0.4 is 10.6 Å². The number of aliphatic hydroxyl groups excluding tert-OH is 1. The van der Waals surface area contributed by atoms with Gasteiger partial charge in [0, 0.05) is 18.9 Å². The first-order chi connectivity index (χ1) is 14.4. The van der Waals surface area contributed by atoms with Crippen LogP contribution in [-0.2, 0) is 19.1 Å². The SMILES string of the molecule is C=CCCC(=O)OC[C@H](NC(=O)[C@H](CC=C)CC(=O)N[C@H](C)CO)c1ccccc1. The monoisotopic (exact) mass is 416 g/mol. The van der Waals surface area contributed by atoms with Crippen molar-refractivity contribution in [1.82, 2.24) is 10.6 Å². The zero-order valence-electron chi connectivity index (χ0n) is 17.5. The quantitative estimate of drug-likeness (QED) is 0.319. The average Bonchev–Trinajstić information content (AvgIpc) is 2.75. The molecule has 0 bridgehead atoms. The minimum Gasteiger partial charge on any atom is -0.463 e. The van der Waals surface area contributed by atoms with Crippen LogP contribution in [0.5, 0.6) is 0 Å². The van der Waals surface area contributed by atoms with E-state index in [4.69, 9.17) is 9.84 Å². The second-order valence-electron chi connectivity index (χ2n) is 7.06. The van der Waals surface area contributed by atoms with Crippen molar-refractivity contribution >= 4 is 17.8 Å². The Morgan fingerprint density at radius 2 is 1.83 bits per heavy atom. The molecule has 0 aliphatic heterocycles. The van der Waals surface area contributed by atoms with Gasteiger partial charge in [-0.25, -0.2) is 0 Å². The van der Waals surface area contributed by atoms with Crippen LogP contribution in [0.2, 0.25) is 0 Å². The van der Waals surface area contributed by atoms with Crippen LogP contribution in [0.1, 0.15) is 44.2 Å². The van der Waals surface area contributed by atoms with E-state index in [-0.39, 0.29) is 43.8 Å². The van der Waals surface area contributed by atoms with E-state index in [1.807, 2.05) is 30.3 Å². The van der Waals surface area contributed by atoms with Crippen LogP contribution in [0, 0.1) is 5.92 Å². The van der Waals surface area contributed by atoms with Crippen LogP contribution >= 0.6 is 0 Å². The first kappa shape index (κ1) is 25.1. The zero-order chi connectivity index (χ0) is 22.4. The van der Waals surface area contributed by atoms with Crippen LogP contribution in [-0.4, -0.2) is 42.1 Å². The molecule has 0 saturated heterocycles. The third-order valence-corrected chi connectivity index (χ3v) is 4.42. The Labute approximate surface area is 178 Å². The van der Waals surface area contributed by atoms with E-state index in [1.165, 1.54) is 0 Å². The van der Waals surface area contributed by atoms with Gasteiger partial charge in [0.2, 0.25) is 11.8 Å². The van der Waals surface area contributed by atoms with Crippen LogP contribution in [0.15, 0.2) is 55.6 Å². The topological polar surface area (TPSA) is 105 Å². The first-order valence-electron chi connectivity index (χ1n) is 10.0. The molecule has 0 radical (unpaired) electrons. The number of hydrogen-bond donors (Lipinski definition) is 3. The number of allylic oxidation sites excluding steroid dienone is 2. The average molecular weight is 417 g/mol. The Bertz CT molecular complexity index is 705. The summed E-state index contributed by atoms with van der Waals surface area (Å²) < 4.78 is 5.32. The number of rotatable bonds is 14. The molecule has 3 atom stereocenters. The normalized spacial score (nSPS) is 13.4. The maximum absolute atomic E-state index is 12.9. The summed E-state index contributed by atoms with van der Waals surface area (Å²) in [6, 6.07) is 8.25. The van der Waals surface area contributed by atoms with Gasteiger partial charge in [0.15, 0.2) is 0 Å². The predicted octanol–water partition coefficient (Wildman–Crippen LogP) is 2.43. The van der Waals surface area contributed by atoms with Gasteiger partial charge < -0.3 is 20.5 Å². The van der Waals surface area contributed by atoms with E-state index in [0.29, 0.717) is 12.8 Å². The third kappa shape index (κ3) is 9.52. The van der Waals surface area contributed by atoms with E-state index in [0.717, 1.165) is 5.56 Å². The Balaban J connectivity index is 2.83. The van der Waals surface area contributed by atoms with E-state index >= 15 is 0 Å². The molecule has 2 amide bonds. The summed E-state index contributed by atoms with van der Waals surface area (Å²) in [5.74, 6) is -1.66. The van der Waals surface area contributed by atoms with Gasteiger partial charge in [0.1, 0.15) is 6.61 Å². The summed E-state index contributed by atoms with van der Waals surface area (Å²) in [4.78, 5) is 36.9. The highest BCUT2D eigenvalue weighted by Gasteiger charge is 2.25. The predicted molar refractivity (Wildman–Crippen MR) is 115 cm³/mol.